The Balaban J connectivity index is 3.62. The molecule has 0 aromatic heterocycles. The number of amides is 1. The highest BCUT2D eigenvalue weighted by molar-refractivity contribution is 5.75. The molecule has 0 aliphatic carbocycles. The van der Waals surface area contributed by atoms with Gasteiger partial charge in [-0.2, -0.15) is 0 Å². The molecule has 3 heteroatoms. The van der Waals surface area contributed by atoms with Crippen molar-refractivity contribution in [1.29, 1.82) is 0 Å². The van der Waals surface area contributed by atoms with Gasteiger partial charge in [-0.25, -0.2) is 6.57 Å². The van der Waals surface area contributed by atoms with E-state index in [1.165, 1.54) is 4.90 Å². The first-order valence-electron chi connectivity index (χ1n) is 2.79. The maximum atomic E-state index is 10.7. The molecule has 0 saturated carbocycles. The fourth-order valence-electron chi connectivity index (χ4n) is 0.455. The Hall–Kier alpha value is -1.04. The molecular weight excluding hydrogens is 116 g/mol. The van der Waals surface area contributed by atoms with Crippen LogP contribution in [0, 0.1) is 6.57 Å². The van der Waals surface area contributed by atoms with Crippen molar-refractivity contribution in [3.8, 4) is 0 Å². The van der Waals surface area contributed by atoms with Gasteiger partial charge in [0, 0.05) is 13.5 Å². The summed E-state index contributed by atoms with van der Waals surface area (Å²) in [5.41, 5.74) is 0. The van der Waals surface area contributed by atoms with E-state index in [2.05, 4.69) is 4.85 Å². The summed E-state index contributed by atoms with van der Waals surface area (Å²) in [6, 6.07) is 0. The van der Waals surface area contributed by atoms with Gasteiger partial charge in [-0.3, -0.25) is 14.5 Å². The minimum Gasteiger partial charge on any atom is -0.293 e. The summed E-state index contributed by atoms with van der Waals surface area (Å²) in [5.74, 6) is 0.0194. The molecule has 0 spiro atoms. The van der Waals surface area contributed by atoms with Gasteiger partial charge in [0.1, 0.15) is 0 Å². The Morgan fingerprint density at radius 1 is 1.78 bits per heavy atom. The lowest BCUT2D eigenvalue weighted by atomic mass is 10.4. The maximum Gasteiger partial charge on any atom is 0.291 e. The first-order valence-corrected chi connectivity index (χ1v) is 2.79. The predicted octanol–water partition coefficient (Wildman–Crippen LogP) is 0.732. The molecule has 0 saturated heterocycles. The second-order valence-corrected chi connectivity index (χ2v) is 1.74. The van der Waals surface area contributed by atoms with Crippen molar-refractivity contribution in [3.63, 3.8) is 0 Å². The van der Waals surface area contributed by atoms with Crippen LogP contribution in [0.15, 0.2) is 0 Å². The summed E-state index contributed by atoms with van der Waals surface area (Å²) in [6.45, 7) is 8.39. The molecule has 0 rings (SSSR count). The lowest BCUT2D eigenvalue weighted by Crippen LogP contribution is -2.24. The van der Waals surface area contributed by atoms with Crippen LogP contribution in [0.3, 0.4) is 0 Å². The summed E-state index contributed by atoms with van der Waals surface area (Å²) in [5, 5.41) is 0. The van der Waals surface area contributed by atoms with Crippen molar-refractivity contribution in [1.82, 2.24) is 4.90 Å². The Kier molecular flexibility index (Phi) is 3.45. The molecule has 0 unspecified atom stereocenters. The first-order chi connectivity index (χ1) is 4.22. The normalized spacial score (nSPS) is 8.11. The summed E-state index contributed by atoms with van der Waals surface area (Å²) < 4.78 is 0. The quantitative estimate of drug-likeness (QED) is 0.500. The van der Waals surface area contributed by atoms with Crippen LogP contribution in [0.25, 0.3) is 4.85 Å². The summed E-state index contributed by atoms with van der Waals surface area (Å²) in [4.78, 5) is 15.2. The summed E-state index contributed by atoms with van der Waals surface area (Å²) in [6.07, 6.45) is 0.478. The van der Waals surface area contributed by atoms with Crippen LogP contribution < -0.4 is 0 Å². The molecule has 50 valence electrons. The standard InChI is InChI=1S/C6H10N2O/c1-4-6(9)8(3)5-7-2/h4-5H2,1,3H3. The van der Waals surface area contributed by atoms with Gasteiger partial charge in [0.2, 0.25) is 5.91 Å². The van der Waals surface area contributed by atoms with Gasteiger partial charge in [-0.1, -0.05) is 6.92 Å². The SMILES string of the molecule is [C-]#[N+]CN(C)C(=O)CC. The van der Waals surface area contributed by atoms with E-state index in [0.29, 0.717) is 6.42 Å². The van der Waals surface area contributed by atoms with E-state index in [1.807, 2.05) is 0 Å². The van der Waals surface area contributed by atoms with Gasteiger partial charge in [0.05, 0.1) is 0 Å². The lowest BCUT2D eigenvalue weighted by Gasteiger charge is -2.06. The van der Waals surface area contributed by atoms with E-state index in [0.717, 1.165) is 0 Å². The molecule has 0 aliphatic rings. The van der Waals surface area contributed by atoms with Crippen molar-refractivity contribution in [2.75, 3.05) is 13.7 Å². The smallest absolute Gasteiger partial charge is 0.291 e. The highest BCUT2D eigenvalue weighted by Gasteiger charge is 2.05. The fourth-order valence-corrected chi connectivity index (χ4v) is 0.455. The van der Waals surface area contributed by atoms with Crippen molar-refractivity contribution in [2.45, 2.75) is 13.3 Å². The summed E-state index contributed by atoms with van der Waals surface area (Å²) in [7, 11) is 1.63. The third-order valence-electron chi connectivity index (χ3n) is 1.01. The molecule has 0 fully saturated rings. The van der Waals surface area contributed by atoms with E-state index < -0.39 is 0 Å². The van der Waals surface area contributed by atoms with Crippen LogP contribution in [-0.4, -0.2) is 24.5 Å². The Labute approximate surface area is 55.1 Å². The zero-order valence-corrected chi connectivity index (χ0v) is 5.72. The second-order valence-electron chi connectivity index (χ2n) is 1.74. The van der Waals surface area contributed by atoms with Gasteiger partial charge in [-0.15, -0.1) is 0 Å². The van der Waals surface area contributed by atoms with E-state index >= 15 is 0 Å². The number of nitrogens with zero attached hydrogens (tertiary/aromatic N) is 2. The average molecular weight is 126 g/mol. The molecule has 0 aromatic rings. The minimum atomic E-state index is 0.0194. The predicted molar refractivity (Wildman–Crippen MR) is 34.5 cm³/mol. The Morgan fingerprint density at radius 3 is 2.67 bits per heavy atom. The molecule has 0 N–H and O–H groups in total. The van der Waals surface area contributed by atoms with Gasteiger partial charge in [0.15, 0.2) is 0 Å². The molecule has 0 bridgehead atoms. The van der Waals surface area contributed by atoms with E-state index in [4.69, 9.17) is 6.57 Å². The fraction of sp³-hybridized carbons (Fsp3) is 0.667. The van der Waals surface area contributed by atoms with Crippen molar-refractivity contribution >= 4 is 5.91 Å². The van der Waals surface area contributed by atoms with Gasteiger partial charge >= 0.3 is 0 Å². The third-order valence-corrected chi connectivity index (χ3v) is 1.01. The number of carbonyl (C=O) groups excluding carboxylic acids is 1. The molecule has 1 amide bonds. The zero-order chi connectivity index (χ0) is 7.28. The molecule has 0 radical (unpaired) electrons. The second kappa shape index (κ2) is 3.90. The molecule has 0 aliphatic heterocycles. The molecule has 0 heterocycles. The van der Waals surface area contributed by atoms with Crippen LogP contribution in [0.5, 0.6) is 0 Å². The Morgan fingerprint density at radius 2 is 2.33 bits per heavy atom. The number of hydrogen-bond donors (Lipinski definition) is 0. The first kappa shape index (κ1) is 7.96. The third kappa shape index (κ3) is 2.70. The van der Waals surface area contributed by atoms with E-state index in [9.17, 15) is 4.79 Å². The molecule has 0 aromatic carbocycles. The van der Waals surface area contributed by atoms with Crippen LogP contribution in [-0.2, 0) is 4.79 Å². The average Bonchev–Trinajstić information content (AvgIpc) is 1.87. The molecule has 9 heavy (non-hydrogen) atoms. The van der Waals surface area contributed by atoms with Crippen molar-refractivity contribution in [3.05, 3.63) is 11.4 Å². The van der Waals surface area contributed by atoms with Crippen LogP contribution in [0.1, 0.15) is 13.3 Å². The zero-order valence-electron chi connectivity index (χ0n) is 5.72. The van der Waals surface area contributed by atoms with Crippen molar-refractivity contribution in [2.24, 2.45) is 0 Å². The Bertz CT molecular complexity index is 136. The van der Waals surface area contributed by atoms with Crippen LogP contribution >= 0.6 is 0 Å². The number of rotatable bonds is 2. The number of hydrogen-bond acceptors (Lipinski definition) is 1. The minimum absolute atomic E-state index is 0.0194. The number of carbonyl (C=O) groups is 1. The highest BCUT2D eigenvalue weighted by atomic mass is 16.2. The topological polar surface area (TPSA) is 24.7 Å². The summed E-state index contributed by atoms with van der Waals surface area (Å²) >= 11 is 0. The highest BCUT2D eigenvalue weighted by Crippen LogP contribution is 1.88. The molecule has 0 atom stereocenters. The van der Waals surface area contributed by atoms with Crippen LogP contribution in [0.2, 0.25) is 0 Å². The molecule has 3 nitrogen and oxygen atoms in total. The maximum absolute atomic E-state index is 10.7. The van der Waals surface area contributed by atoms with Crippen LogP contribution in [0.4, 0.5) is 0 Å². The van der Waals surface area contributed by atoms with E-state index in [-0.39, 0.29) is 12.6 Å². The largest absolute Gasteiger partial charge is 0.293 e. The van der Waals surface area contributed by atoms with Crippen molar-refractivity contribution < 1.29 is 4.79 Å². The monoisotopic (exact) mass is 126 g/mol. The van der Waals surface area contributed by atoms with Gasteiger partial charge < -0.3 is 0 Å². The van der Waals surface area contributed by atoms with Gasteiger partial charge in [0.25, 0.3) is 6.67 Å². The molecular formula is C6H10N2O. The van der Waals surface area contributed by atoms with E-state index in [1.54, 1.807) is 14.0 Å². The van der Waals surface area contributed by atoms with Gasteiger partial charge in [-0.05, 0) is 0 Å². The lowest BCUT2D eigenvalue weighted by molar-refractivity contribution is -0.129.